The first-order valence-electron chi connectivity index (χ1n) is 9.23. The summed E-state index contributed by atoms with van der Waals surface area (Å²) in [6.45, 7) is -0.0313. The molecule has 4 aromatic rings. The number of carbonyl (C=O) groups is 2. The van der Waals surface area contributed by atoms with Crippen LogP contribution in [0.25, 0.3) is 20.8 Å². The smallest absolute Gasteiger partial charge is 0.339 e. The second kappa shape index (κ2) is 9.07. The van der Waals surface area contributed by atoms with Gasteiger partial charge in [0.15, 0.2) is 6.61 Å². The molecule has 7 heteroatoms. The van der Waals surface area contributed by atoms with Gasteiger partial charge in [0.05, 0.1) is 15.8 Å². The van der Waals surface area contributed by atoms with Crippen LogP contribution in [0.4, 0.5) is 0 Å². The van der Waals surface area contributed by atoms with E-state index in [1.807, 2.05) is 48.5 Å². The van der Waals surface area contributed by atoms with Crippen molar-refractivity contribution in [2.75, 3.05) is 6.61 Å². The van der Waals surface area contributed by atoms with Crippen LogP contribution in [-0.4, -0.2) is 23.5 Å². The molecule has 0 atom stereocenters. The van der Waals surface area contributed by atoms with Crippen molar-refractivity contribution in [2.45, 2.75) is 6.54 Å². The predicted molar refractivity (Wildman–Crippen MR) is 119 cm³/mol. The Morgan fingerprint density at radius 1 is 0.967 bits per heavy atom. The Morgan fingerprint density at radius 3 is 2.50 bits per heavy atom. The highest BCUT2D eigenvalue weighted by molar-refractivity contribution is 7.21. The van der Waals surface area contributed by atoms with Crippen LogP contribution in [0.3, 0.4) is 0 Å². The van der Waals surface area contributed by atoms with E-state index in [0.717, 1.165) is 20.8 Å². The van der Waals surface area contributed by atoms with Gasteiger partial charge in [-0.25, -0.2) is 9.78 Å². The van der Waals surface area contributed by atoms with Gasteiger partial charge >= 0.3 is 5.97 Å². The summed E-state index contributed by atoms with van der Waals surface area (Å²) < 4.78 is 6.28. The van der Waals surface area contributed by atoms with Gasteiger partial charge in [-0.15, -0.1) is 11.3 Å². The van der Waals surface area contributed by atoms with Gasteiger partial charge in [0, 0.05) is 17.1 Å². The third-order valence-corrected chi connectivity index (χ3v) is 5.73. The number of hydrogen-bond donors (Lipinski definition) is 1. The molecule has 0 saturated heterocycles. The molecule has 0 spiro atoms. The topological polar surface area (TPSA) is 68.3 Å². The Labute approximate surface area is 182 Å². The first-order valence-corrected chi connectivity index (χ1v) is 10.4. The summed E-state index contributed by atoms with van der Waals surface area (Å²) in [6, 6.07) is 22.1. The Bertz CT molecular complexity index is 1170. The molecule has 150 valence electrons. The summed E-state index contributed by atoms with van der Waals surface area (Å²) in [5.41, 5.74) is 2.84. The molecule has 0 aliphatic heterocycles. The number of nitrogens with zero attached hydrogens (tertiary/aromatic N) is 1. The maximum atomic E-state index is 12.6. The molecule has 0 bridgehead atoms. The molecule has 4 rings (SSSR count). The quantitative estimate of drug-likeness (QED) is 0.427. The van der Waals surface area contributed by atoms with E-state index in [9.17, 15) is 9.59 Å². The monoisotopic (exact) mass is 436 g/mol. The largest absolute Gasteiger partial charge is 0.452 e. The van der Waals surface area contributed by atoms with Crippen LogP contribution in [0.5, 0.6) is 0 Å². The number of thiazole rings is 1. The Balaban J connectivity index is 1.41. The van der Waals surface area contributed by atoms with Crippen LogP contribution >= 0.6 is 22.9 Å². The molecule has 0 aliphatic rings. The number of amides is 1. The number of halogens is 1. The zero-order valence-electron chi connectivity index (χ0n) is 15.8. The van der Waals surface area contributed by atoms with Crippen molar-refractivity contribution < 1.29 is 14.3 Å². The average Bonchev–Trinajstić information content (AvgIpc) is 3.21. The molecular formula is C23H17ClN2O3S. The summed E-state index contributed by atoms with van der Waals surface area (Å²) in [7, 11) is 0. The number of benzene rings is 3. The van der Waals surface area contributed by atoms with Crippen LogP contribution in [0.1, 0.15) is 15.9 Å². The van der Waals surface area contributed by atoms with E-state index < -0.39 is 5.97 Å². The van der Waals surface area contributed by atoms with Gasteiger partial charge in [0.1, 0.15) is 5.01 Å². The normalized spacial score (nSPS) is 10.7. The molecule has 1 aromatic heterocycles. The SMILES string of the molecule is O=C(COC(=O)c1ccccc1-c1nc2ccccc2s1)NCc1ccc(Cl)cc1. The van der Waals surface area contributed by atoms with E-state index in [2.05, 4.69) is 10.3 Å². The van der Waals surface area contributed by atoms with Crippen molar-refractivity contribution in [3.05, 3.63) is 88.9 Å². The fraction of sp³-hybridized carbons (Fsp3) is 0.0870. The number of para-hydroxylation sites is 1. The second-order valence-corrected chi connectivity index (χ2v) is 7.98. The first kappa shape index (κ1) is 20.1. The lowest BCUT2D eigenvalue weighted by Crippen LogP contribution is -2.28. The van der Waals surface area contributed by atoms with Gasteiger partial charge in [0.2, 0.25) is 0 Å². The Kier molecular flexibility index (Phi) is 6.07. The maximum absolute atomic E-state index is 12.6. The summed E-state index contributed by atoms with van der Waals surface area (Å²) >= 11 is 7.35. The molecular weight excluding hydrogens is 420 g/mol. The molecule has 30 heavy (non-hydrogen) atoms. The molecule has 5 nitrogen and oxygen atoms in total. The summed E-state index contributed by atoms with van der Waals surface area (Å²) in [5.74, 6) is -0.942. The fourth-order valence-corrected chi connectivity index (χ4v) is 4.03. The molecule has 1 N–H and O–H groups in total. The third kappa shape index (κ3) is 4.67. The van der Waals surface area contributed by atoms with Crippen LogP contribution in [-0.2, 0) is 16.1 Å². The van der Waals surface area contributed by atoms with Crippen molar-refractivity contribution in [3.8, 4) is 10.6 Å². The molecule has 1 heterocycles. The number of hydrogen-bond acceptors (Lipinski definition) is 5. The van der Waals surface area contributed by atoms with E-state index in [4.69, 9.17) is 16.3 Å². The van der Waals surface area contributed by atoms with Gasteiger partial charge < -0.3 is 10.1 Å². The predicted octanol–water partition coefficient (Wildman–Crippen LogP) is 5.09. The number of esters is 1. The molecule has 0 aliphatic carbocycles. The minimum Gasteiger partial charge on any atom is -0.452 e. The number of aromatic nitrogens is 1. The number of rotatable bonds is 6. The zero-order valence-corrected chi connectivity index (χ0v) is 17.4. The summed E-state index contributed by atoms with van der Waals surface area (Å²) in [5, 5.41) is 4.08. The maximum Gasteiger partial charge on any atom is 0.339 e. The molecule has 0 saturated carbocycles. The van der Waals surface area contributed by atoms with Crippen molar-refractivity contribution >= 4 is 45.0 Å². The van der Waals surface area contributed by atoms with Crippen molar-refractivity contribution in [3.63, 3.8) is 0 Å². The minimum atomic E-state index is -0.563. The van der Waals surface area contributed by atoms with E-state index in [1.165, 1.54) is 11.3 Å². The van der Waals surface area contributed by atoms with Crippen LogP contribution < -0.4 is 5.32 Å². The second-order valence-electron chi connectivity index (χ2n) is 6.51. The summed E-state index contributed by atoms with van der Waals surface area (Å²) in [6.07, 6.45) is 0. The van der Waals surface area contributed by atoms with Crippen molar-refractivity contribution in [1.29, 1.82) is 0 Å². The highest BCUT2D eigenvalue weighted by Gasteiger charge is 2.17. The summed E-state index contributed by atoms with van der Waals surface area (Å²) in [4.78, 5) is 29.3. The first-order chi connectivity index (χ1) is 14.6. The fourth-order valence-electron chi connectivity index (χ4n) is 2.90. The minimum absolute atomic E-state index is 0.329. The van der Waals surface area contributed by atoms with Crippen LogP contribution in [0.2, 0.25) is 5.02 Å². The number of ether oxygens (including phenoxy) is 1. The lowest BCUT2D eigenvalue weighted by Gasteiger charge is -2.09. The zero-order chi connectivity index (χ0) is 20.9. The molecule has 0 fully saturated rings. The standard InChI is InChI=1S/C23H17ClN2O3S/c24-16-11-9-15(10-12-16)13-25-21(27)14-29-23(28)18-6-2-1-5-17(18)22-26-19-7-3-4-8-20(19)30-22/h1-12H,13-14H2,(H,25,27). The van der Waals surface area contributed by atoms with Gasteiger partial charge in [0.25, 0.3) is 5.91 Å². The molecule has 3 aromatic carbocycles. The molecule has 0 unspecified atom stereocenters. The van der Waals surface area contributed by atoms with Gasteiger partial charge in [-0.1, -0.05) is 54.1 Å². The molecule has 1 amide bonds. The molecule has 0 radical (unpaired) electrons. The van der Waals surface area contributed by atoms with E-state index >= 15 is 0 Å². The van der Waals surface area contributed by atoms with Crippen LogP contribution in [0, 0.1) is 0 Å². The Morgan fingerprint density at radius 2 is 1.70 bits per heavy atom. The highest BCUT2D eigenvalue weighted by Crippen LogP contribution is 2.32. The number of fused-ring (bicyclic) bond motifs is 1. The highest BCUT2D eigenvalue weighted by atomic mass is 35.5. The van der Waals surface area contributed by atoms with E-state index in [1.54, 1.807) is 24.3 Å². The lowest BCUT2D eigenvalue weighted by molar-refractivity contribution is -0.124. The van der Waals surface area contributed by atoms with Crippen LogP contribution in [0.15, 0.2) is 72.8 Å². The number of nitrogens with one attached hydrogen (secondary N) is 1. The Hall–Kier alpha value is -3.22. The van der Waals surface area contributed by atoms with E-state index in [0.29, 0.717) is 22.7 Å². The van der Waals surface area contributed by atoms with Crippen molar-refractivity contribution in [1.82, 2.24) is 10.3 Å². The lowest BCUT2D eigenvalue weighted by atomic mass is 10.1. The van der Waals surface area contributed by atoms with Gasteiger partial charge in [-0.3, -0.25) is 4.79 Å². The van der Waals surface area contributed by atoms with E-state index in [-0.39, 0.29) is 12.5 Å². The van der Waals surface area contributed by atoms with Gasteiger partial charge in [-0.05, 0) is 35.9 Å². The number of carbonyl (C=O) groups excluding carboxylic acids is 2. The third-order valence-electron chi connectivity index (χ3n) is 4.41. The van der Waals surface area contributed by atoms with Crippen molar-refractivity contribution in [2.24, 2.45) is 0 Å². The average molecular weight is 437 g/mol. The van der Waals surface area contributed by atoms with Gasteiger partial charge in [-0.2, -0.15) is 0 Å².